The molecule has 0 saturated heterocycles. The van der Waals surface area contributed by atoms with Crippen molar-refractivity contribution in [2.45, 2.75) is 24.3 Å². The Morgan fingerprint density at radius 1 is 0.917 bits per heavy atom. The van der Waals surface area contributed by atoms with E-state index >= 15 is 0 Å². The van der Waals surface area contributed by atoms with Crippen molar-refractivity contribution in [2.75, 3.05) is 10.7 Å². The zero-order chi connectivity index (χ0) is 17.1. The smallest absolute Gasteiger partial charge is 0.217 e. The minimum Gasteiger partial charge on any atom is -0.471 e. The predicted octanol–water partition coefficient (Wildman–Crippen LogP) is 3.88. The summed E-state index contributed by atoms with van der Waals surface area (Å²) in [6, 6.07) is 7.82. The minimum atomic E-state index is -0.0361. The fourth-order valence-corrected chi connectivity index (χ4v) is 3.68. The number of hydrogen-bond donors (Lipinski definition) is 0. The molecule has 3 rings (SSSR count). The van der Waals surface area contributed by atoms with Crippen LogP contribution in [-0.4, -0.2) is 46.7 Å². The largest absolute Gasteiger partial charge is 0.471 e. The fourth-order valence-electron chi connectivity index (χ4n) is 2.65. The first-order chi connectivity index (χ1) is 11.7. The summed E-state index contributed by atoms with van der Waals surface area (Å²) in [5.41, 5.74) is 1.82. The van der Waals surface area contributed by atoms with E-state index in [0.717, 1.165) is 11.1 Å². The third-order valence-electron chi connectivity index (χ3n) is 3.96. The quantitative estimate of drug-likeness (QED) is 0.484. The van der Waals surface area contributed by atoms with E-state index in [1.54, 1.807) is 0 Å². The monoisotopic (exact) mass is 452 g/mol. The number of halogens is 2. The van der Waals surface area contributed by atoms with Gasteiger partial charge in [-0.25, -0.2) is 9.98 Å². The number of benzene rings is 1. The van der Waals surface area contributed by atoms with Crippen molar-refractivity contribution in [1.29, 1.82) is 0 Å². The van der Waals surface area contributed by atoms with Gasteiger partial charge in [-0.15, -0.1) is 13.2 Å². The summed E-state index contributed by atoms with van der Waals surface area (Å²) >= 11 is 6.91. The second-order valence-electron chi connectivity index (χ2n) is 5.52. The van der Waals surface area contributed by atoms with Gasteiger partial charge in [0.2, 0.25) is 11.8 Å². The standard InChI is InChI=1S/C18H18Br2N2O2/c1-3-13-15(9-19)23-17(21-13)11-6-5-7-12(8-11)18-22-14(4-2)16(10-20)24-18/h3-8,13-16H,1-2,9-10H2/t13-,14-,15+,16+/m0/s1. The lowest BCUT2D eigenvalue weighted by molar-refractivity contribution is 0.233. The molecule has 1 aromatic carbocycles. The van der Waals surface area contributed by atoms with E-state index in [9.17, 15) is 0 Å². The Morgan fingerprint density at radius 2 is 1.38 bits per heavy atom. The van der Waals surface area contributed by atoms with E-state index in [1.807, 2.05) is 36.4 Å². The van der Waals surface area contributed by atoms with Gasteiger partial charge in [-0.3, -0.25) is 0 Å². The summed E-state index contributed by atoms with van der Waals surface area (Å²) < 4.78 is 11.9. The van der Waals surface area contributed by atoms with Gasteiger partial charge in [-0.1, -0.05) is 50.1 Å². The van der Waals surface area contributed by atoms with Gasteiger partial charge < -0.3 is 9.47 Å². The average Bonchev–Trinajstić information content (AvgIpc) is 3.25. The molecule has 0 aliphatic carbocycles. The van der Waals surface area contributed by atoms with Crippen molar-refractivity contribution in [3.8, 4) is 0 Å². The molecular formula is C18H18Br2N2O2. The van der Waals surface area contributed by atoms with Crippen LogP contribution >= 0.6 is 31.9 Å². The van der Waals surface area contributed by atoms with Gasteiger partial charge in [0, 0.05) is 21.8 Å². The molecule has 2 aliphatic rings. The summed E-state index contributed by atoms with van der Waals surface area (Å²) in [6.45, 7) is 7.65. The van der Waals surface area contributed by atoms with Crippen LogP contribution in [-0.2, 0) is 9.47 Å². The maximum Gasteiger partial charge on any atom is 0.217 e. The molecule has 0 aromatic heterocycles. The Bertz CT molecular complexity index is 647. The minimum absolute atomic E-state index is 0.0239. The van der Waals surface area contributed by atoms with Gasteiger partial charge in [-0.2, -0.15) is 0 Å². The summed E-state index contributed by atoms with van der Waals surface area (Å²) in [6.07, 6.45) is 3.57. The highest BCUT2D eigenvalue weighted by Gasteiger charge is 2.30. The number of ether oxygens (including phenoxy) is 2. The first-order valence-electron chi connectivity index (χ1n) is 7.67. The van der Waals surface area contributed by atoms with Crippen LogP contribution in [0.5, 0.6) is 0 Å². The Kier molecular flexibility index (Phi) is 5.56. The number of aliphatic imine (C=N–C) groups is 2. The summed E-state index contributed by atoms with van der Waals surface area (Å²) in [5.74, 6) is 1.25. The summed E-state index contributed by atoms with van der Waals surface area (Å²) in [7, 11) is 0. The molecule has 126 valence electrons. The number of nitrogens with zero attached hydrogens (tertiary/aromatic N) is 2. The van der Waals surface area contributed by atoms with E-state index in [0.29, 0.717) is 22.5 Å². The lowest BCUT2D eigenvalue weighted by atomic mass is 10.1. The molecule has 2 aliphatic heterocycles. The molecular weight excluding hydrogens is 436 g/mol. The molecule has 0 spiro atoms. The van der Waals surface area contributed by atoms with Gasteiger partial charge in [0.05, 0.1) is 0 Å². The van der Waals surface area contributed by atoms with E-state index in [4.69, 9.17) is 9.47 Å². The van der Waals surface area contributed by atoms with Crippen LogP contribution in [0.15, 0.2) is 59.6 Å². The van der Waals surface area contributed by atoms with Crippen molar-refractivity contribution in [1.82, 2.24) is 0 Å². The molecule has 0 radical (unpaired) electrons. The van der Waals surface area contributed by atoms with E-state index in [1.165, 1.54) is 0 Å². The van der Waals surface area contributed by atoms with Gasteiger partial charge >= 0.3 is 0 Å². The Balaban J connectivity index is 1.86. The van der Waals surface area contributed by atoms with Gasteiger partial charge in [0.25, 0.3) is 0 Å². The summed E-state index contributed by atoms with van der Waals surface area (Å²) in [4.78, 5) is 9.20. The fraction of sp³-hybridized carbons (Fsp3) is 0.333. The SMILES string of the molecule is C=C[C@@H]1N=C(c2cccc(C3=N[C@@H](C=C)[C@@H](CBr)O3)c2)O[C@@H]1CBr. The maximum atomic E-state index is 5.93. The van der Waals surface area contributed by atoms with Crippen molar-refractivity contribution in [2.24, 2.45) is 9.98 Å². The number of rotatable bonds is 6. The molecule has 4 atom stereocenters. The molecule has 1 aromatic rings. The number of hydrogen-bond acceptors (Lipinski definition) is 4. The topological polar surface area (TPSA) is 43.2 Å². The van der Waals surface area contributed by atoms with Crippen molar-refractivity contribution < 1.29 is 9.47 Å². The van der Waals surface area contributed by atoms with Crippen molar-refractivity contribution in [3.05, 3.63) is 60.7 Å². The van der Waals surface area contributed by atoms with E-state index < -0.39 is 0 Å². The molecule has 0 N–H and O–H groups in total. The molecule has 0 fully saturated rings. The van der Waals surface area contributed by atoms with Crippen molar-refractivity contribution in [3.63, 3.8) is 0 Å². The molecule has 0 unspecified atom stereocenters. The average molecular weight is 454 g/mol. The molecule has 6 heteroatoms. The Hall–Kier alpha value is -1.40. The van der Waals surface area contributed by atoms with Gasteiger partial charge in [-0.05, 0) is 18.2 Å². The van der Waals surface area contributed by atoms with Crippen LogP contribution in [0.4, 0.5) is 0 Å². The number of alkyl halides is 2. The van der Waals surface area contributed by atoms with Crippen LogP contribution in [0.25, 0.3) is 0 Å². The zero-order valence-electron chi connectivity index (χ0n) is 13.1. The van der Waals surface area contributed by atoms with E-state index in [-0.39, 0.29) is 24.3 Å². The second kappa shape index (κ2) is 7.66. The molecule has 24 heavy (non-hydrogen) atoms. The predicted molar refractivity (Wildman–Crippen MR) is 105 cm³/mol. The third kappa shape index (κ3) is 3.35. The van der Waals surface area contributed by atoms with Crippen molar-refractivity contribution >= 4 is 43.7 Å². The normalized spacial score (nSPS) is 28.6. The molecule has 0 amide bonds. The molecule has 2 heterocycles. The molecule has 4 nitrogen and oxygen atoms in total. The van der Waals surface area contributed by atoms with Crippen LogP contribution in [0.3, 0.4) is 0 Å². The van der Waals surface area contributed by atoms with Crippen LogP contribution in [0, 0.1) is 0 Å². The summed E-state index contributed by atoms with van der Waals surface area (Å²) in [5, 5.41) is 1.42. The third-order valence-corrected chi connectivity index (χ3v) is 5.24. The van der Waals surface area contributed by atoms with Gasteiger partial charge in [0.1, 0.15) is 24.3 Å². The second-order valence-corrected chi connectivity index (χ2v) is 6.82. The highest BCUT2D eigenvalue weighted by atomic mass is 79.9. The van der Waals surface area contributed by atoms with Crippen LogP contribution in [0.2, 0.25) is 0 Å². The van der Waals surface area contributed by atoms with Gasteiger partial charge in [0.15, 0.2) is 0 Å². The lowest BCUT2D eigenvalue weighted by Gasteiger charge is -2.12. The van der Waals surface area contributed by atoms with Crippen LogP contribution < -0.4 is 0 Å². The highest BCUT2D eigenvalue weighted by Crippen LogP contribution is 2.24. The maximum absolute atomic E-state index is 5.93. The zero-order valence-corrected chi connectivity index (χ0v) is 16.2. The lowest BCUT2D eigenvalue weighted by Crippen LogP contribution is -2.22. The molecule has 0 bridgehead atoms. The Labute approximate surface area is 158 Å². The highest BCUT2D eigenvalue weighted by molar-refractivity contribution is 9.09. The van der Waals surface area contributed by atoms with Crippen LogP contribution in [0.1, 0.15) is 11.1 Å². The molecule has 0 saturated carbocycles. The first-order valence-corrected chi connectivity index (χ1v) is 9.91. The first kappa shape index (κ1) is 17.4. The Morgan fingerprint density at radius 3 is 1.71 bits per heavy atom. The van der Waals surface area contributed by atoms with E-state index in [2.05, 4.69) is 55.0 Å².